The second-order valence-electron chi connectivity index (χ2n) is 4.90. The molecule has 0 aliphatic rings. The molecule has 128 valence electrons. The standard InChI is InChI=1S/C18H22NO4P/c1-3-23-24(20,19-15-18-8-6-13-22-18)14-5-4-7-16-9-11-17(21-2)12-10-16/h4-14H,3,15H2,1-2H3,(H,19,20)/b7-4+,14-5+. The van der Waals surface area contributed by atoms with Crippen LogP contribution < -0.4 is 9.82 Å². The van der Waals surface area contributed by atoms with E-state index >= 15 is 0 Å². The molecular formula is C18H22NO4P. The van der Waals surface area contributed by atoms with Crippen molar-refractivity contribution in [3.05, 3.63) is 72.0 Å². The van der Waals surface area contributed by atoms with Gasteiger partial charge in [-0.2, -0.15) is 0 Å². The highest BCUT2D eigenvalue weighted by molar-refractivity contribution is 7.60. The van der Waals surface area contributed by atoms with E-state index in [9.17, 15) is 4.57 Å². The van der Waals surface area contributed by atoms with Gasteiger partial charge in [0.05, 0.1) is 26.5 Å². The molecule has 1 aromatic carbocycles. The van der Waals surface area contributed by atoms with E-state index in [2.05, 4.69) is 5.09 Å². The molecule has 0 bridgehead atoms. The average molecular weight is 347 g/mol. The molecule has 2 rings (SSSR count). The number of hydrogen-bond acceptors (Lipinski definition) is 4. The fraction of sp³-hybridized carbons (Fsp3) is 0.222. The van der Waals surface area contributed by atoms with Gasteiger partial charge in [0.1, 0.15) is 11.5 Å². The van der Waals surface area contributed by atoms with E-state index in [0.29, 0.717) is 18.9 Å². The number of allylic oxidation sites excluding steroid dienone is 2. The van der Waals surface area contributed by atoms with Gasteiger partial charge in [-0.25, -0.2) is 5.09 Å². The summed E-state index contributed by atoms with van der Waals surface area (Å²) >= 11 is 0. The lowest BCUT2D eigenvalue weighted by Gasteiger charge is -2.14. The summed E-state index contributed by atoms with van der Waals surface area (Å²) in [4.78, 5) is 0. The molecule has 1 unspecified atom stereocenters. The fourth-order valence-corrected chi connectivity index (χ4v) is 3.35. The summed E-state index contributed by atoms with van der Waals surface area (Å²) in [6, 6.07) is 11.3. The van der Waals surface area contributed by atoms with Gasteiger partial charge >= 0.3 is 0 Å². The van der Waals surface area contributed by atoms with Crippen molar-refractivity contribution >= 4 is 13.6 Å². The largest absolute Gasteiger partial charge is 0.497 e. The Kier molecular flexibility index (Phi) is 7.07. The number of hydrogen-bond donors (Lipinski definition) is 1. The summed E-state index contributed by atoms with van der Waals surface area (Å²) < 4.78 is 28.4. The Balaban J connectivity index is 1.95. The molecule has 0 aliphatic carbocycles. The van der Waals surface area contributed by atoms with E-state index in [4.69, 9.17) is 13.7 Å². The molecule has 1 heterocycles. The minimum Gasteiger partial charge on any atom is -0.497 e. The van der Waals surface area contributed by atoms with E-state index in [-0.39, 0.29) is 0 Å². The molecule has 0 saturated carbocycles. The number of methoxy groups -OCH3 is 1. The van der Waals surface area contributed by atoms with E-state index in [1.165, 1.54) is 0 Å². The minimum atomic E-state index is -3.06. The number of nitrogens with one attached hydrogen (secondary N) is 1. The normalized spacial score (nSPS) is 14.2. The minimum absolute atomic E-state index is 0.344. The third-order valence-corrected chi connectivity index (χ3v) is 4.98. The third kappa shape index (κ3) is 5.85. The zero-order valence-electron chi connectivity index (χ0n) is 13.8. The first-order valence-corrected chi connectivity index (χ1v) is 9.36. The Hall–Kier alpha value is -2.07. The summed E-state index contributed by atoms with van der Waals surface area (Å²) in [5.74, 6) is 3.07. The van der Waals surface area contributed by atoms with Gasteiger partial charge in [0, 0.05) is 5.82 Å². The second-order valence-corrected chi connectivity index (χ2v) is 6.97. The average Bonchev–Trinajstić information content (AvgIpc) is 3.12. The zero-order valence-corrected chi connectivity index (χ0v) is 14.7. The van der Waals surface area contributed by atoms with Crippen LogP contribution in [0, 0.1) is 0 Å². The number of furan rings is 1. The quantitative estimate of drug-likeness (QED) is 0.520. The Morgan fingerprint density at radius 1 is 1.21 bits per heavy atom. The van der Waals surface area contributed by atoms with Crippen molar-refractivity contribution in [3.63, 3.8) is 0 Å². The molecule has 5 nitrogen and oxygen atoms in total. The van der Waals surface area contributed by atoms with Crippen molar-refractivity contribution in [3.8, 4) is 5.75 Å². The van der Waals surface area contributed by atoms with Gasteiger partial charge in [-0.15, -0.1) is 0 Å². The van der Waals surface area contributed by atoms with Crippen molar-refractivity contribution < 1.29 is 18.2 Å². The highest BCUT2D eigenvalue weighted by atomic mass is 31.2. The maximum absolute atomic E-state index is 12.7. The molecule has 0 fully saturated rings. The first-order valence-electron chi connectivity index (χ1n) is 7.67. The van der Waals surface area contributed by atoms with Gasteiger partial charge in [-0.3, -0.25) is 4.57 Å². The van der Waals surface area contributed by atoms with Gasteiger partial charge in [0.25, 0.3) is 7.52 Å². The highest BCUT2D eigenvalue weighted by Gasteiger charge is 2.18. The molecule has 6 heteroatoms. The van der Waals surface area contributed by atoms with E-state index in [1.807, 2.05) is 49.4 Å². The molecule has 0 amide bonds. The first kappa shape index (κ1) is 18.3. The monoisotopic (exact) mass is 347 g/mol. The Morgan fingerprint density at radius 2 is 2.00 bits per heavy atom. The molecule has 0 radical (unpaired) electrons. The second kappa shape index (κ2) is 9.28. The van der Waals surface area contributed by atoms with Crippen LogP contribution in [0.15, 0.2) is 65.0 Å². The lowest BCUT2D eigenvalue weighted by molar-refractivity contribution is 0.329. The van der Waals surface area contributed by atoms with Crippen LogP contribution in [-0.2, 0) is 15.6 Å². The predicted molar refractivity (Wildman–Crippen MR) is 95.9 cm³/mol. The Bertz CT molecular complexity index is 705. The molecular weight excluding hydrogens is 325 g/mol. The Labute approximate surface area is 142 Å². The predicted octanol–water partition coefficient (Wildman–Crippen LogP) is 4.83. The van der Waals surface area contributed by atoms with Crippen molar-refractivity contribution in [1.29, 1.82) is 0 Å². The van der Waals surface area contributed by atoms with Gasteiger partial charge < -0.3 is 13.7 Å². The summed E-state index contributed by atoms with van der Waals surface area (Å²) in [6.45, 7) is 2.51. The van der Waals surface area contributed by atoms with Crippen LogP contribution in [0.2, 0.25) is 0 Å². The summed E-state index contributed by atoms with van der Waals surface area (Å²) in [6.07, 6.45) is 7.03. The summed E-state index contributed by atoms with van der Waals surface area (Å²) in [5, 5.41) is 2.92. The molecule has 1 N–H and O–H groups in total. The van der Waals surface area contributed by atoms with Gasteiger partial charge in [-0.05, 0) is 36.8 Å². The van der Waals surface area contributed by atoms with E-state index in [1.54, 1.807) is 31.3 Å². The third-order valence-electron chi connectivity index (χ3n) is 3.17. The smallest absolute Gasteiger partial charge is 0.293 e. The highest BCUT2D eigenvalue weighted by Crippen LogP contribution is 2.44. The molecule has 0 spiro atoms. The number of ether oxygens (including phenoxy) is 1. The topological polar surface area (TPSA) is 60.7 Å². The molecule has 0 aliphatic heterocycles. The van der Waals surface area contributed by atoms with Crippen LogP contribution in [0.3, 0.4) is 0 Å². The van der Waals surface area contributed by atoms with Gasteiger partial charge in [0.2, 0.25) is 0 Å². The van der Waals surface area contributed by atoms with E-state index in [0.717, 1.165) is 11.3 Å². The number of rotatable bonds is 9. The lowest BCUT2D eigenvalue weighted by atomic mass is 10.2. The maximum atomic E-state index is 12.7. The SMILES string of the molecule is CCOP(=O)(/C=C/C=C/c1ccc(OC)cc1)NCc1ccco1. The molecule has 2 aromatic rings. The maximum Gasteiger partial charge on any atom is 0.293 e. The van der Waals surface area contributed by atoms with Crippen LogP contribution in [-0.4, -0.2) is 13.7 Å². The van der Waals surface area contributed by atoms with Crippen LogP contribution in [0.25, 0.3) is 6.08 Å². The Morgan fingerprint density at radius 3 is 2.62 bits per heavy atom. The lowest BCUT2D eigenvalue weighted by Crippen LogP contribution is -2.10. The molecule has 0 saturated heterocycles. The first-order chi connectivity index (χ1) is 11.6. The van der Waals surface area contributed by atoms with Crippen molar-refractivity contribution in [1.82, 2.24) is 5.09 Å². The van der Waals surface area contributed by atoms with E-state index < -0.39 is 7.52 Å². The van der Waals surface area contributed by atoms with Crippen molar-refractivity contribution in [2.75, 3.05) is 13.7 Å². The number of benzene rings is 1. The van der Waals surface area contributed by atoms with Gasteiger partial charge in [-0.1, -0.05) is 30.4 Å². The summed E-state index contributed by atoms with van der Waals surface area (Å²) in [7, 11) is -1.42. The van der Waals surface area contributed by atoms with Crippen molar-refractivity contribution in [2.45, 2.75) is 13.5 Å². The summed E-state index contributed by atoms with van der Waals surface area (Å²) in [5.41, 5.74) is 1.02. The zero-order chi connectivity index (χ0) is 17.3. The fourth-order valence-electron chi connectivity index (χ4n) is 1.98. The van der Waals surface area contributed by atoms with Crippen molar-refractivity contribution in [2.24, 2.45) is 0 Å². The molecule has 24 heavy (non-hydrogen) atoms. The van der Waals surface area contributed by atoms with Crippen LogP contribution in [0.1, 0.15) is 18.2 Å². The molecule has 1 aromatic heterocycles. The van der Waals surface area contributed by atoms with Crippen LogP contribution in [0.5, 0.6) is 5.75 Å². The van der Waals surface area contributed by atoms with Gasteiger partial charge in [0.15, 0.2) is 0 Å². The van der Waals surface area contributed by atoms with Crippen LogP contribution >= 0.6 is 7.52 Å². The molecule has 1 atom stereocenters. The van der Waals surface area contributed by atoms with Crippen LogP contribution in [0.4, 0.5) is 0 Å².